The smallest absolute Gasteiger partial charge is 0.252 e. The van der Waals surface area contributed by atoms with Crippen LogP contribution < -0.4 is 5.32 Å². The second-order valence-corrected chi connectivity index (χ2v) is 8.91. The standard InChI is InChI=1S/C25H32F2N2O5/c1-29(2)12-11-28-24(32)25(34-16-18-5-9-20(27)10-6-18)13-21(30)23(31)22(14-25)33-15-17-3-7-19(26)8-4-17/h3-10,21-23,30-31H,11-16H2,1-2H3,(H,28,32)/t21-,22?,23-,25+/m1/s1. The molecule has 2 aromatic rings. The van der Waals surface area contributed by atoms with Gasteiger partial charge in [0.2, 0.25) is 0 Å². The molecule has 1 unspecified atom stereocenters. The third-order valence-corrected chi connectivity index (χ3v) is 5.91. The van der Waals surface area contributed by atoms with E-state index >= 15 is 0 Å². The Bertz CT molecular complexity index is 926. The van der Waals surface area contributed by atoms with E-state index in [0.29, 0.717) is 24.2 Å². The van der Waals surface area contributed by atoms with E-state index in [1.165, 1.54) is 24.3 Å². The Morgan fingerprint density at radius 2 is 1.56 bits per heavy atom. The molecular weight excluding hydrogens is 446 g/mol. The summed E-state index contributed by atoms with van der Waals surface area (Å²) in [6.45, 7) is 1.04. The second kappa shape index (κ2) is 11.8. The Morgan fingerprint density at radius 3 is 2.12 bits per heavy atom. The van der Waals surface area contributed by atoms with Crippen molar-refractivity contribution in [1.29, 1.82) is 0 Å². The topological polar surface area (TPSA) is 91.3 Å². The first-order chi connectivity index (χ1) is 16.2. The van der Waals surface area contributed by atoms with Crippen molar-refractivity contribution in [2.24, 2.45) is 0 Å². The molecule has 0 spiro atoms. The van der Waals surface area contributed by atoms with E-state index < -0.39 is 29.8 Å². The fraction of sp³-hybridized carbons (Fsp3) is 0.480. The number of halogens is 2. The van der Waals surface area contributed by atoms with Crippen LogP contribution in [0.15, 0.2) is 48.5 Å². The number of carbonyl (C=O) groups is 1. The van der Waals surface area contributed by atoms with Gasteiger partial charge in [-0.25, -0.2) is 8.78 Å². The minimum absolute atomic E-state index is 0.00140. The number of likely N-dealkylation sites (N-methyl/N-ethyl adjacent to an activating group) is 1. The molecule has 0 aromatic heterocycles. The van der Waals surface area contributed by atoms with Crippen molar-refractivity contribution < 1.29 is 33.3 Å². The Balaban J connectivity index is 1.77. The van der Waals surface area contributed by atoms with Gasteiger partial charge in [0.05, 0.1) is 25.4 Å². The number of benzene rings is 2. The number of nitrogens with one attached hydrogen (secondary N) is 1. The van der Waals surface area contributed by atoms with Gasteiger partial charge in [0.1, 0.15) is 17.7 Å². The predicted octanol–water partition coefficient (Wildman–Crippen LogP) is 2.00. The quantitative estimate of drug-likeness (QED) is 0.484. The van der Waals surface area contributed by atoms with Crippen LogP contribution >= 0.6 is 0 Å². The Morgan fingerprint density at radius 1 is 1.00 bits per heavy atom. The SMILES string of the molecule is CN(C)CCNC(=O)[C@@]1(OCc2ccc(F)cc2)CC(OCc2ccc(F)cc2)[C@H](O)[C@H](O)C1. The molecule has 1 fully saturated rings. The number of hydrogen-bond acceptors (Lipinski definition) is 6. The van der Waals surface area contributed by atoms with E-state index in [9.17, 15) is 23.8 Å². The van der Waals surface area contributed by atoms with E-state index in [-0.39, 0.29) is 37.7 Å². The van der Waals surface area contributed by atoms with E-state index in [4.69, 9.17) is 9.47 Å². The molecule has 0 bridgehead atoms. The van der Waals surface area contributed by atoms with Gasteiger partial charge in [-0.2, -0.15) is 0 Å². The zero-order chi connectivity index (χ0) is 24.7. The number of hydrogen-bond donors (Lipinski definition) is 3. The van der Waals surface area contributed by atoms with Crippen molar-refractivity contribution in [3.8, 4) is 0 Å². The van der Waals surface area contributed by atoms with Gasteiger partial charge in [-0.1, -0.05) is 24.3 Å². The largest absolute Gasteiger partial charge is 0.390 e. The average Bonchev–Trinajstić information content (AvgIpc) is 2.80. The molecule has 9 heteroatoms. The van der Waals surface area contributed by atoms with Crippen LogP contribution in [0.2, 0.25) is 0 Å². The van der Waals surface area contributed by atoms with Gasteiger partial charge in [-0.3, -0.25) is 4.79 Å². The Labute approximate surface area is 198 Å². The summed E-state index contributed by atoms with van der Waals surface area (Å²) in [5, 5.41) is 24.0. The monoisotopic (exact) mass is 478 g/mol. The number of carbonyl (C=O) groups excluding carboxylic acids is 1. The lowest BCUT2D eigenvalue weighted by Crippen LogP contribution is -2.61. The van der Waals surface area contributed by atoms with Gasteiger partial charge < -0.3 is 29.9 Å². The second-order valence-electron chi connectivity index (χ2n) is 8.91. The minimum atomic E-state index is -1.47. The average molecular weight is 479 g/mol. The van der Waals surface area contributed by atoms with E-state index in [0.717, 1.165) is 0 Å². The normalized spacial score (nSPS) is 24.9. The van der Waals surface area contributed by atoms with Crippen LogP contribution in [0.1, 0.15) is 24.0 Å². The van der Waals surface area contributed by atoms with Crippen molar-refractivity contribution in [2.45, 2.75) is 50.0 Å². The summed E-state index contributed by atoms with van der Waals surface area (Å²) in [5.41, 5.74) is -0.125. The summed E-state index contributed by atoms with van der Waals surface area (Å²) in [5.74, 6) is -1.18. The number of nitrogens with zero attached hydrogens (tertiary/aromatic N) is 1. The van der Waals surface area contributed by atoms with Crippen molar-refractivity contribution in [2.75, 3.05) is 27.2 Å². The molecule has 4 atom stereocenters. The van der Waals surface area contributed by atoms with Crippen LogP contribution in [0.3, 0.4) is 0 Å². The summed E-state index contributed by atoms with van der Waals surface area (Å²) < 4.78 is 38.4. The van der Waals surface area contributed by atoms with Crippen molar-refractivity contribution >= 4 is 5.91 Å². The summed E-state index contributed by atoms with van der Waals surface area (Å²) in [7, 11) is 3.76. The number of aliphatic hydroxyl groups excluding tert-OH is 2. The highest BCUT2D eigenvalue weighted by Gasteiger charge is 2.51. The molecule has 0 saturated heterocycles. The van der Waals surface area contributed by atoms with Gasteiger partial charge in [0, 0.05) is 25.9 Å². The molecule has 34 heavy (non-hydrogen) atoms. The van der Waals surface area contributed by atoms with E-state index in [1.54, 1.807) is 24.3 Å². The van der Waals surface area contributed by atoms with Gasteiger partial charge in [-0.05, 0) is 49.5 Å². The zero-order valence-corrected chi connectivity index (χ0v) is 19.4. The number of amides is 1. The van der Waals surface area contributed by atoms with Crippen LogP contribution in [-0.2, 0) is 27.5 Å². The van der Waals surface area contributed by atoms with Gasteiger partial charge >= 0.3 is 0 Å². The molecule has 2 aromatic carbocycles. The summed E-state index contributed by atoms with van der Waals surface area (Å²) in [6, 6.07) is 11.5. The lowest BCUT2D eigenvalue weighted by atomic mass is 9.78. The molecule has 0 aliphatic heterocycles. The number of ether oxygens (including phenoxy) is 2. The van der Waals surface area contributed by atoms with Crippen LogP contribution in [0, 0.1) is 11.6 Å². The molecule has 1 saturated carbocycles. The zero-order valence-electron chi connectivity index (χ0n) is 19.4. The fourth-order valence-electron chi connectivity index (χ4n) is 3.90. The van der Waals surface area contributed by atoms with Crippen LogP contribution in [0.5, 0.6) is 0 Å². The van der Waals surface area contributed by atoms with Crippen molar-refractivity contribution in [3.05, 3.63) is 71.3 Å². The first-order valence-electron chi connectivity index (χ1n) is 11.2. The summed E-state index contributed by atoms with van der Waals surface area (Å²) in [4.78, 5) is 15.2. The lowest BCUT2D eigenvalue weighted by molar-refractivity contribution is -0.200. The first kappa shape index (κ1) is 26.2. The molecular formula is C25H32F2N2O5. The predicted molar refractivity (Wildman–Crippen MR) is 122 cm³/mol. The van der Waals surface area contributed by atoms with Gasteiger partial charge in [-0.15, -0.1) is 0 Å². The van der Waals surface area contributed by atoms with Crippen LogP contribution in [-0.4, -0.2) is 72.1 Å². The molecule has 1 aliphatic carbocycles. The molecule has 186 valence electrons. The number of rotatable bonds is 10. The van der Waals surface area contributed by atoms with E-state index in [2.05, 4.69) is 5.32 Å². The molecule has 0 heterocycles. The van der Waals surface area contributed by atoms with Crippen molar-refractivity contribution in [1.82, 2.24) is 10.2 Å². The third-order valence-electron chi connectivity index (χ3n) is 5.91. The summed E-state index contributed by atoms with van der Waals surface area (Å²) in [6.07, 6.45) is -3.51. The van der Waals surface area contributed by atoms with Crippen LogP contribution in [0.25, 0.3) is 0 Å². The highest BCUT2D eigenvalue weighted by Crippen LogP contribution is 2.35. The molecule has 3 N–H and O–H groups in total. The summed E-state index contributed by atoms with van der Waals surface area (Å²) >= 11 is 0. The Kier molecular flexibility index (Phi) is 9.10. The maximum atomic E-state index is 13.3. The van der Waals surface area contributed by atoms with E-state index in [1.807, 2.05) is 19.0 Å². The number of aliphatic hydroxyl groups is 2. The highest BCUT2D eigenvalue weighted by atomic mass is 19.1. The lowest BCUT2D eigenvalue weighted by Gasteiger charge is -2.44. The fourth-order valence-corrected chi connectivity index (χ4v) is 3.90. The minimum Gasteiger partial charge on any atom is -0.390 e. The third kappa shape index (κ3) is 7.04. The highest BCUT2D eigenvalue weighted by molar-refractivity contribution is 5.85. The molecule has 3 rings (SSSR count). The Hall–Kier alpha value is -2.43. The van der Waals surface area contributed by atoms with Crippen molar-refractivity contribution in [3.63, 3.8) is 0 Å². The van der Waals surface area contributed by atoms with Crippen LogP contribution in [0.4, 0.5) is 8.78 Å². The first-order valence-corrected chi connectivity index (χ1v) is 11.2. The maximum Gasteiger partial charge on any atom is 0.252 e. The van der Waals surface area contributed by atoms with Gasteiger partial charge in [0.15, 0.2) is 5.60 Å². The molecule has 0 radical (unpaired) electrons. The molecule has 7 nitrogen and oxygen atoms in total. The molecule has 1 amide bonds. The maximum absolute atomic E-state index is 13.3. The van der Waals surface area contributed by atoms with Gasteiger partial charge in [0.25, 0.3) is 5.91 Å². The molecule has 1 aliphatic rings.